The largest absolute Gasteiger partial charge is 0.389 e. The maximum atomic E-state index is 13.8. The van der Waals surface area contributed by atoms with Crippen LogP contribution in [0.15, 0.2) is 18.2 Å². The van der Waals surface area contributed by atoms with Crippen molar-refractivity contribution in [2.24, 2.45) is 11.1 Å². The number of halogens is 1. The van der Waals surface area contributed by atoms with Gasteiger partial charge in [0.25, 0.3) is 0 Å². The Balaban J connectivity index is 2.03. The lowest BCUT2D eigenvalue weighted by molar-refractivity contribution is 0.307. The molecule has 1 aliphatic carbocycles. The zero-order valence-electron chi connectivity index (χ0n) is 11.3. The van der Waals surface area contributed by atoms with Crippen LogP contribution in [-0.4, -0.2) is 11.5 Å². The number of hydrogen-bond donors (Lipinski definition) is 2. The molecule has 3 N–H and O–H groups in total. The first kappa shape index (κ1) is 14.3. The summed E-state index contributed by atoms with van der Waals surface area (Å²) in [5.41, 5.74) is 6.95. The lowest BCUT2D eigenvalue weighted by Crippen LogP contribution is -2.26. The topological polar surface area (TPSA) is 38.0 Å². The zero-order valence-corrected chi connectivity index (χ0v) is 12.2. The van der Waals surface area contributed by atoms with E-state index in [1.165, 1.54) is 38.2 Å². The standard InChI is InChI=1S/C15H21FN2S/c1-2-15(7-3-4-8-15)10-18-11-5-6-12(14(17)19)13(16)9-11/h5-6,9,18H,2-4,7-8,10H2,1H3,(H2,17,19). The van der Waals surface area contributed by atoms with E-state index in [1.807, 2.05) is 6.07 Å². The van der Waals surface area contributed by atoms with Crippen LogP contribution < -0.4 is 11.1 Å². The molecule has 0 unspecified atom stereocenters. The van der Waals surface area contributed by atoms with Gasteiger partial charge in [0.1, 0.15) is 10.8 Å². The molecule has 0 amide bonds. The molecule has 0 heterocycles. The van der Waals surface area contributed by atoms with Gasteiger partial charge in [-0.1, -0.05) is 32.0 Å². The van der Waals surface area contributed by atoms with Crippen LogP contribution in [0.2, 0.25) is 0 Å². The first-order chi connectivity index (χ1) is 9.06. The number of hydrogen-bond acceptors (Lipinski definition) is 2. The number of thiocarbonyl (C=S) groups is 1. The third-order valence-corrected chi connectivity index (χ3v) is 4.54. The second-order valence-corrected chi connectivity index (χ2v) is 5.91. The lowest BCUT2D eigenvalue weighted by atomic mass is 9.83. The highest BCUT2D eigenvalue weighted by molar-refractivity contribution is 7.80. The molecule has 4 heteroatoms. The summed E-state index contributed by atoms with van der Waals surface area (Å²) in [4.78, 5) is 0.102. The molecule has 1 aliphatic rings. The van der Waals surface area contributed by atoms with Crippen molar-refractivity contribution in [3.05, 3.63) is 29.6 Å². The molecule has 0 atom stereocenters. The van der Waals surface area contributed by atoms with Crippen LogP contribution in [0.4, 0.5) is 10.1 Å². The van der Waals surface area contributed by atoms with Gasteiger partial charge in [-0.2, -0.15) is 0 Å². The SMILES string of the molecule is CCC1(CNc2ccc(C(N)=S)c(F)c2)CCCC1. The van der Waals surface area contributed by atoms with Gasteiger partial charge in [-0.25, -0.2) is 4.39 Å². The van der Waals surface area contributed by atoms with E-state index >= 15 is 0 Å². The van der Waals surface area contributed by atoms with E-state index in [1.54, 1.807) is 6.07 Å². The molecule has 2 rings (SSSR count). The van der Waals surface area contributed by atoms with E-state index in [2.05, 4.69) is 12.2 Å². The zero-order chi connectivity index (χ0) is 13.9. The Labute approximate surface area is 119 Å². The normalized spacial score (nSPS) is 17.4. The van der Waals surface area contributed by atoms with Crippen LogP contribution in [0.25, 0.3) is 0 Å². The number of nitrogens with two attached hydrogens (primary N) is 1. The summed E-state index contributed by atoms with van der Waals surface area (Å²) in [7, 11) is 0. The molecule has 0 aromatic heterocycles. The van der Waals surface area contributed by atoms with Gasteiger partial charge < -0.3 is 11.1 Å². The number of nitrogens with one attached hydrogen (secondary N) is 1. The number of benzene rings is 1. The molecule has 0 aliphatic heterocycles. The summed E-state index contributed by atoms with van der Waals surface area (Å²) < 4.78 is 13.8. The third-order valence-electron chi connectivity index (χ3n) is 4.32. The fraction of sp³-hybridized carbons (Fsp3) is 0.533. The average molecular weight is 280 g/mol. The van der Waals surface area contributed by atoms with E-state index in [9.17, 15) is 4.39 Å². The predicted molar refractivity (Wildman–Crippen MR) is 82.0 cm³/mol. The van der Waals surface area contributed by atoms with Crippen LogP contribution in [0.1, 0.15) is 44.6 Å². The van der Waals surface area contributed by atoms with Crippen molar-refractivity contribution in [1.82, 2.24) is 0 Å². The van der Waals surface area contributed by atoms with Crippen molar-refractivity contribution in [2.45, 2.75) is 39.0 Å². The summed E-state index contributed by atoms with van der Waals surface area (Å²) in [5, 5.41) is 3.36. The average Bonchev–Trinajstić information content (AvgIpc) is 2.85. The Bertz CT molecular complexity index is 467. The molecule has 0 bridgehead atoms. The van der Waals surface area contributed by atoms with Gasteiger partial charge in [-0.3, -0.25) is 0 Å². The van der Waals surface area contributed by atoms with E-state index in [4.69, 9.17) is 18.0 Å². The second-order valence-electron chi connectivity index (χ2n) is 5.47. The van der Waals surface area contributed by atoms with Gasteiger partial charge in [0.2, 0.25) is 0 Å². The molecule has 104 valence electrons. The molecule has 1 aromatic carbocycles. The molecular weight excluding hydrogens is 259 g/mol. The summed E-state index contributed by atoms with van der Waals surface area (Å²) in [6.45, 7) is 3.15. The first-order valence-electron chi connectivity index (χ1n) is 6.89. The molecule has 0 spiro atoms. The van der Waals surface area contributed by atoms with E-state index in [-0.39, 0.29) is 10.8 Å². The fourth-order valence-electron chi connectivity index (χ4n) is 2.89. The summed E-state index contributed by atoms with van der Waals surface area (Å²) in [6, 6.07) is 4.97. The van der Waals surface area contributed by atoms with Crippen LogP contribution >= 0.6 is 12.2 Å². The Morgan fingerprint density at radius 2 is 2.11 bits per heavy atom. The molecule has 1 saturated carbocycles. The van der Waals surface area contributed by atoms with Crippen LogP contribution in [0.5, 0.6) is 0 Å². The quantitative estimate of drug-likeness (QED) is 0.805. The van der Waals surface area contributed by atoms with E-state index < -0.39 is 0 Å². The lowest BCUT2D eigenvalue weighted by Gasteiger charge is -2.28. The minimum Gasteiger partial charge on any atom is -0.389 e. The van der Waals surface area contributed by atoms with Crippen LogP contribution in [-0.2, 0) is 0 Å². The molecule has 0 radical (unpaired) electrons. The van der Waals surface area contributed by atoms with Gasteiger partial charge in [0.15, 0.2) is 0 Å². The summed E-state index contributed by atoms with van der Waals surface area (Å²) >= 11 is 4.80. The summed E-state index contributed by atoms with van der Waals surface area (Å²) in [5.74, 6) is -0.352. The predicted octanol–water partition coefficient (Wildman–Crippen LogP) is 3.84. The maximum Gasteiger partial charge on any atom is 0.135 e. The Hall–Kier alpha value is -1.16. The van der Waals surface area contributed by atoms with Crippen molar-refractivity contribution in [1.29, 1.82) is 0 Å². The van der Waals surface area contributed by atoms with E-state index in [0.717, 1.165) is 12.2 Å². The van der Waals surface area contributed by atoms with Gasteiger partial charge in [-0.05, 0) is 42.9 Å². The third kappa shape index (κ3) is 3.24. The van der Waals surface area contributed by atoms with Gasteiger partial charge in [0.05, 0.1) is 0 Å². The maximum absolute atomic E-state index is 13.8. The summed E-state index contributed by atoms with van der Waals surface area (Å²) in [6.07, 6.45) is 6.33. The minimum atomic E-state index is -0.352. The molecule has 19 heavy (non-hydrogen) atoms. The molecule has 0 saturated heterocycles. The van der Waals surface area contributed by atoms with E-state index in [0.29, 0.717) is 11.0 Å². The number of rotatable bonds is 5. The van der Waals surface area contributed by atoms with Crippen molar-refractivity contribution < 1.29 is 4.39 Å². The van der Waals surface area contributed by atoms with Gasteiger partial charge >= 0.3 is 0 Å². The smallest absolute Gasteiger partial charge is 0.135 e. The van der Waals surface area contributed by atoms with Gasteiger partial charge in [0, 0.05) is 17.8 Å². The highest BCUT2D eigenvalue weighted by atomic mass is 32.1. The molecule has 2 nitrogen and oxygen atoms in total. The number of anilines is 1. The molecule has 1 aromatic rings. The van der Waals surface area contributed by atoms with Crippen LogP contribution in [0.3, 0.4) is 0 Å². The monoisotopic (exact) mass is 280 g/mol. The van der Waals surface area contributed by atoms with Crippen molar-refractivity contribution in [3.8, 4) is 0 Å². The molecule has 1 fully saturated rings. The second kappa shape index (κ2) is 5.87. The minimum absolute atomic E-state index is 0.102. The Kier molecular flexibility index (Phi) is 4.40. The highest BCUT2D eigenvalue weighted by Crippen LogP contribution is 2.40. The highest BCUT2D eigenvalue weighted by Gasteiger charge is 2.31. The van der Waals surface area contributed by atoms with Crippen molar-refractivity contribution >= 4 is 22.9 Å². The Morgan fingerprint density at radius 1 is 1.42 bits per heavy atom. The first-order valence-corrected chi connectivity index (χ1v) is 7.30. The van der Waals surface area contributed by atoms with Crippen molar-refractivity contribution in [3.63, 3.8) is 0 Å². The fourth-order valence-corrected chi connectivity index (χ4v) is 3.06. The van der Waals surface area contributed by atoms with Crippen LogP contribution in [0, 0.1) is 11.2 Å². The van der Waals surface area contributed by atoms with Crippen molar-refractivity contribution in [2.75, 3.05) is 11.9 Å². The molecular formula is C15H21FN2S. The van der Waals surface area contributed by atoms with Gasteiger partial charge in [-0.15, -0.1) is 0 Å². The Morgan fingerprint density at radius 3 is 2.63 bits per heavy atom.